The van der Waals surface area contributed by atoms with Crippen molar-refractivity contribution >= 4 is 5.96 Å². The van der Waals surface area contributed by atoms with Crippen LogP contribution in [0.3, 0.4) is 0 Å². The van der Waals surface area contributed by atoms with Crippen molar-refractivity contribution in [2.45, 2.75) is 46.0 Å². The van der Waals surface area contributed by atoms with Crippen LogP contribution in [0.1, 0.15) is 46.0 Å². The summed E-state index contributed by atoms with van der Waals surface area (Å²) in [5.41, 5.74) is 0. The van der Waals surface area contributed by atoms with E-state index in [1.165, 1.54) is 45.6 Å². The van der Waals surface area contributed by atoms with Gasteiger partial charge < -0.3 is 25.5 Å². The molecule has 1 aliphatic rings. The SMILES string of the molecule is CCCC(CCO)CN=C(NCC)NCCCCN1CCN(C)CC1. The van der Waals surface area contributed by atoms with Crippen LogP contribution >= 0.6 is 0 Å². The zero-order valence-corrected chi connectivity index (χ0v) is 16.8. The van der Waals surface area contributed by atoms with Gasteiger partial charge >= 0.3 is 0 Å². The topological polar surface area (TPSA) is 63.1 Å². The van der Waals surface area contributed by atoms with Crippen LogP contribution in [0.15, 0.2) is 4.99 Å². The summed E-state index contributed by atoms with van der Waals surface area (Å²) in [5, 5.41) is 16.0. The maximum atomic E-state index is 9.17. The lowest BCUT2D eigenvalue weighted by molar-refractivity contribution is 0.152. The van der Waals surface area contributed by atoms with Crippen LogP contribution in [0.4, 0.5) is 0 Å². The molecular formula is C19H41N5O. The van der Waals surface area contributed by atoms with Gasteiger partial charge in [0, 0.05) is 52.4 Å². The average Bonchev–Trinajstić information content (AvgIpc) is 2.61. The second-order valence-electron chi connectivity index (χ2n) is 7.17. The Morgan fingerprint density at radius 3 is 2.48 bits per heavy atom. The van der Waals surface area contributed by atoms with E-state index >= 15 is 0 Å². The van der Waals surface area contributed by atoms with Gasteiger partial charge in [0.15, 0.2) is 5.96 Å². The summed E-state index contributed by atoms with van der Waals surface area (Å²) in [4.78, 5) is 9.69. The van der Waals surface area contributed by atoms with Crippen LogP contribution in [-0.4, -0.2) is 86.9 Å². The van der Waals surface area contributed by atoms with Gasteiger partial charge in [-0.05, 0) is 52.1 Å². The first-order valence-corrected chi connectivity index (χ1v) is 10.2. The molecule has 6 nitrogen and oxygen atoms in total. The van der Waals surface area contributed by atoms with Crippen molar-refractivity contribution in [2.24, 2.45) is 10.9 Å². The third-order valence-electron chi connectivity index (χ3n) is 4.88. The van der Waals surface area contributed by atoms with E-state index in [0.29, 0.717) is 5.92 Å². The molecule has 6 heteroatoms. The van der Waals surface area contributed by atoms with Gasteiger partial charge in [-0.15, -0.1) is 0 Å². The van der Waals surface area contributed by atoms with E-state index in [9.17, 15) is 0 Å². The molecule has 0 aromatic rings. The lowest BCUT2D eigenvalue weighted by atomic mass is 10.0. The Bertz CT molecular complexity index is 337. The summed E-state index contributed by atoms with van der Waals surface area (Å²) in [6, 6.07) is 0. The number of hydrogen-bond acceptors (Lipinski definition) is 4. The number of nitrogens with zero attached hydrogens (tertiary/aromatic N) is 3. The van der Waals surface area contributed by atoms with Crippen molar-refractivity contribution < 1.29 is 5.11 Å². The fourth-order valence-electron chi connectivity index (χ4n) is 3.22. The second-order valence-corrected chi connectivity index (χ2v) is 7.17. The summed E-state index contributed by atoms with van der Waals surface area (Å²) >= 11 is 0. The minimum Gasteiger partial charge on any atom is -0.396 e. The van der Waals surface area contributed by atoms with Gasteiger partial charge in [0.25, 0.3) is 0 Å². The molecule has 0 aromatic heterocycles. The molecule has 0 spiro atoms. The molecule has 1 atom stereocenters. The predicted octanol–water partition coefficient (Wildman–Crippen LogP) is 1.37. The number of hydrogen-bond donors (Lipinski definition) is 3. The lowest BCUT2D eigenvalue weighted by Gasteiger charge is -2.32. The molecule has 25 heavy (non-hydrogen) atoms. The molecule has 0 saturated carbocycles. The summed E-state index contributed by atoms with van der Waals surface area (Å²) < 4.78 is 0. The fraction of sp³-hybridized carbons (Fsp3) is 0.947. The number of aliphatic hydroxyl groups excluding tert-OH is 1. The molecule has 0 amide bonds. The Labute approximate surface area is 155 Å². The van der Waals surface area contributed by atoms with Crippen molar-refractivity contribution in [3.05, 3.63) is 0 Å². The Hall–Kier alpha value is -0.850. The number of piperazine rings is 1. The lowest BCUT2D eigenvalue weighted by Crippen LogP contribution is -2.44. The molecule has 0 aromatic carbocycles. The van der Waals surface area contributed by atoms with Crippen molar-refractivity contribution in [2.75, 3.05) is 66.0 Å². The van der Waals surface area contributed by atoms with Crippen LogP contribution in [0.25, 0.3) is 0 Å². The number of aliphatic imine (C=N–C) groups is 1. The zero-order chi connectivity index (χ0) is 18.3. The largest absolute Gasteiger partial charge is 0.396 e. The maximum absolute atomic E-state index is 9.17. The molecule has 3 N–H and O–H groups in total. The fourth-order valence-corrected chi connectivity index (χ4v) is 3.22. The Morgan fingerprint density at radius 1 is 1.08 bits per heavy atom. The molecule has 1 unspecified atom stereocenters. The Kier molecular flexibility index (Phi) is 12.7. The monoisotopic (exact) mass is 355 g/mol. The molecule has 1 saturated heterocycles. The Balaban J connectivity index is 2.21. The summed E-state index contributed by atoms with van der Waals surface area (Å²) in [7, 11) is 2.20. The first-order valence-electron chi connectivity index (χ1n) is 10.2. The number of rotatable bonds is 12. The number of likely N-dealkylation sites (N-methyl/N-ethyl adjacent to an activating group) is 1. The number of nitrogens with one attached hydrogen (secondary N) is 2. The quantitative estimate of drug-likeness (QED) is 0.280. The van der Waals surface area contributed by atoms with E-state index in [0.717, 1.165) is 44.9 Å². The van der Waals surface area contributed by atoms with Crippen LogP contribution in [0.2, 0.25) is 0 Å². The highest BCUT2D eigenvalue weighted by Crippen LogP contribution is 2.11. The minimum atomic E-state index is 0.260. The van der Waals surface area contributed by atoms with Gasteiger partial charge in [0.05, 0.1) is 0 Å². The molecule has 1 aliphatic heterocycles. The van der Waals surface area contributed by atoms with Crippen LogP contribution in [0, 0.1) is 5.92 Å². The number of unbranched alkanes of at least 4 members (excludes halogenated alkanes) is 1. The van der Waals surface area contributed by atoms with Gasteiger partial charge in [-0.1, -0.05) is 13.3 Å². The van der Waals surface area contributed by atoms with Gasteiger partial charge in [-0.2, -0.15) is 0 Å². The molecule has 0 aliphatic carbocycles. The summed E-state index contributed by atoms with van der Waals surface area (Å²) in [6.45, 7) is 13.2. The molecule has 1 rings (SSSR count). The Morgan fingerprint density at radius 2 is 1.84 bits per heavy atom. The molecule has 1 fully saturated rings. The highest BCUT2D eigenvalue weighted by molar-refractivity contribution is 5.79. The normalized spacial score (nSPS) is 18.3. The smallest absolute Gasteiger partial charge is 0.191 e. The number of aliphatic hydroxyl groups is 1. The summed E-state index contributed by atoms with van der Waals surface area (Å²) in [6.07, 6.45) is 5.54. The van der Waals surface area contributed by atoms with Gasteiger partial charge in [-0.3, -0.25) is 4.99 Å². The first-order chi connectivity index (χ1) is 12.2. The van der Waals surface area contributed by atoms with E-state index < -0.39 is 0 Å². The summed E-state index contributed by atoms with van der Waals surface area (Å²) in [5.74, 6) is 1.41. The molecular weight excluding hydrogens is 314 g/mol. The maximum Gasteiger partial charge on any atom is 0.191 e. The number of guanidine groups is 1. The van der Waals surface area contributed by atoms with Gasteiger partial charge in [-0.25, -0.2) is 0 Å². The van der Waals surface area contributed by atoms with E-state index in [1.54, 1.807) is 0 Å². The van der Waals surface area contributed by atoms with Crippen molar-refractivity contribution in [1.29, 1.82) is 0 Å². The predicted molar refractivity (Wildman–Crippen MR) is 107 cm³/mol. The highest BCUT2D eigenvalue weighted by atomic mass is 16.3. The van der Waals surface area contributed by atoms with E-state index in [1.807, 2.05) is 0 Å². The third-order valence-corrected chi connectivity index (χ3v) is 4.88. The first kappa shape index (κ1) is 22.2. The van der Waals surface area contributed by atoms with Crippen molar-refractivity contribution in [1.82, 2.24) is 20.4 Å². The van der Waals surface area contributed by atoms with E-state index in [4.69, 9.17) is 10.1 Å². The second kappa shape index (κ2) is 14.3. The van der Waals surface area contributed by atoms with Crippen LogP contribution in [0.5, 0.6) is 0 Å². The molecule has 1 heterocycles. The third kappa shape index (κ3) is 10.7. The van der Waals surface area contributed by atoms with Gasteiger partial charge in [0.1, 0.15) is 0 Å². The van der Waals surface area contributed by atoms with Crippen molar-refractivity contribution in [3.63, 3.8) is 0 Å². The van der Waals surface area contributed by atoms with E-state index in [2.05, 4.69) is 41.3 Å². The highest BCUT2D eigenvalue weighted by Gasteiger charge is 2.12. The molecule has 0 radical (unpaired) electrons. The van der Waals surface area contributed by atoms with Crippen LogP contribution < -0.4 is 10.6 Å². The standard InChI is InChI=1S/C19H41N5O/c1-4-8-18(9-16-25)17-22-19(20-5-2)21-10-6-7-11-24-14-12-23(3)13-15-24/h18,25H,4-17H2,1-3H3,(H2,20,21,22). The minimum absolute atomic E-state index is 0.260. The van der Waals surface area contributed by atoms with Gasteiger partial charge in [0.2, 0.25) is 0 Å². The molecule has 0 bridgehead atoms. The van der Waals surface area contributed by atoms with Crippen LogP contribution in [-0.2, 0) is 0 Å². The van der Waals surface area contributed by atoms with Crippen molar-refractivity contribution in [3.8, 4) is 0 Å². The zero-order valence-electron chi connectivity index (χ0n) is 16.8. The molecule has 148 valence electrons. The van der Waals surface area contributed by atoms with E-state index in [-0.39, 0.29) is 6.61 Å². The average molecular weight is 356 g/mol.